The van der Waals surface area contributed by atoms with Gasteiger partial charge in [-0.1, -0.05) is 36.4 Å². The molecular weight excluding hydrogens is 345 g/mol. The molecule has 7 heteroatoms. The van der Waals surface area contributed by atoms with Crippen molar-refractivity contribution in [3.8, 4) is 0 Å². The number of nitrogens with one attached hydrogen (secondary N) is 1. The van der Waals surface area contributed by atoms with Crippen LogP contribution >= 0.6 is 0 Å². The van der Waals surface area contributed by atoms with E-state index in [9.17, 15) is 22.7 Å². The predicted octanol–water partition coefficient (Wildman–Crippen LogP) is 3.79. The van der Waals surface area contributed by atoms with E-state index in [0.717, 1.165) is 12.1 Å². The number of carboxylic acids is 1. The average molecular weight is 359 g/mol. The van der Waals surface area contributed by atoms with Gasteiger partial charge in [-0.2, -0.15) is 0 Å². The maximum absolute atomic E-state index is 13.4. The molecule has 0 fully saturated rings. The zero-order valence-corrected chi connectivity index (χ0v) is 14.0. The van der Waals surface area contributed by atoms with Crippen LogP contribution < -0.4 is 4.72 Å². The first kappa shape index (κ1) is 16.9. The molecule has 0 amide bonds. The summed E-state index contributed by atoms with van der Waals surface area (Å²) in [6.07, 6.45) is 0. The highest BCUT2D eigenvalue weighted by Crippen LogP contribution is 2.29. The zero-order chi connectivity index (χ0) is 18.2. The molecule has 0 aliphatic heterocycles. The van der Waals surface area contributed by atoms with Gasteiger partial charge in [0, 0.05) is 0 Å². The van der Waals surface area contributed by atoms with Crippen LogP contribution in [0.15, 0.2) is 59.5 Å². The lowest BCUT2D eigenvalue weighted by Gasteiger charge is -2.14. The summed E-state index contributed by atoms with van der Waals surface area (Å²) in [5.41, 5.74) is 0.122. The van der Waals surface area contributed by atoms with E-state index in [1.54, 1.807) is 30.3 Å². The fourth-order valence-corrected chi connectivity index (χ4v) is 3.98. The van der Waals surface area contributed by atoms with Crippen molar-refractivity contribution in [2.45, 2.75) is 11.8 Å². The predicted molar refractivity (Wildman–Crippen MR) is 92.9 cm³/mol. The normalized spacial score (nSPS) is 11.4. The molecule has 0 saturated heterocycles. The third kappa shape index (κ3) is 3.18. The third-order valence-corrected chi connectivity index (χ3v) is 5.33. The molecule has 3 aromatic carbocycles. The summed E-state index contributed by atoms with van der Waals surface area (Å²) >= 11 is 0. The maximum atomic E-state index is 13.4. The average Bonchev–Trinajstić information content (AvgIpc) is 2.56. The summed E-state index contributed by atoms with van der Waals surface area (Å²) in [6.45, 7) is 1.53. The fraction of sp³-hybridized carbons (Fsp3) is 0.0556. The standard InChI is InChI=1S/C18H14FNO4S/c1-11-6-8-13(19)10-16(11)25(23,24)20-15-9-7-12-4-2-3-5-14(12)17(15)18(21)22/h2-10,20H,1H3,(H,21,22). The SMILES string of the molecule is Cc1ccc(F)cc1S(=O)(=O)Nc1ccc2ccccc2c1C(=O)O. The second-order valence-electron chi connectivity index (χ2n) is 5.53. The Morgan fingerprint density at radius 2 is 1.80 bits per heavy atom. The number of aromatic carboxylic acids is 1. The monoisotopic (exact) mass is 359 g/mol. The Balaban J connectivity index is 2.16. The van der Waals surface area contributed by atoms with Crippen LogP contribution in [0.4, 0.5) is 10.1 Å². The van der Waals surface area contributed by atoms with Crippen molar-refractivity contribution in [2.75, 3.05) is 4.72 Å². The van der Waals surface area contributed by atoms with E-state index in [-0.39, 0.29) is 16.1 Å². The summed E-state index contributed by atoms with van der Waals surface area (Å²) in [7, 11) is -4.14. The molecule has 0 bridgehead atoms. The van der Waals surface area contributed by atoms with Crippen LogP contribution in [-0.4, -0.2) is 19.5 Å². The lowest BCUT2D eigenvalue weighted by atomic mass is 10.0. The minimum atomic E-state index is -4.14. The van der Waals surface area contributed by atoms with Gasteiger partial charge in [-0.15, -0.1) is 0 Å². The minimum Gasteiger partial charge on any atom is -0.478 e. The van der Waals surface area contributed by atoms with Crippen molar-refractivity contribution >= 4 is 32.5 Å². The van der Waals surface area contributed by atoms with Gasteiger partial charge in [-0.05, 0) is 41.5 Å². The van der Waals surface area contributed by atoms with Gasteiger partial charge in [0.1, 0.15) is 5.82 Å². The van der Waals surface area contributed by atoms with E-state index < -0.39 is 21.8 Å². The van der Waals surface area contributed by atoms with Gasteiger partial charge in [0.2, 0.25) is 0 Å². The number of hydrogen-bond acceptors (Lipinski definition) is 3. The first-order chi connectivity index (χ1) is 11.8. The van der Waals surface area contributed by atoms with Gasteiger partial charge < -0.3 is 5.11 Å². The Bertz CT molecular complexity index is 1090. The van der Waals surface area contributed by atoms with Crippen molar-refractivity contribution < 1.29 is 22.7 Å². The highest BCUT2D eigenvalue weighted by Gasteiger charge is 2.22. The molecule has 0 spiro atoms. The molecule has 0 aliphatic rings. The largest absolute Gasteiger partial charge is 0.478 e. The van der Waals surface area contributed by atoms with E-state index in [1.165, 1.54) is 19.1 Å². The Kier molecular flexibility index (Phi) is 4.18. The van der Waals surface area contributed by atoms with Crippen LogP contribution in [0.3, 0.4) is 0 Å². The van der Waals surface area contributed by atoms with E-state index in [2.05, 4.69) is 4.72 Å². The van der Waals surface area contributed by atoms with Crippen LogP contribution in [0.5, 0.6) is 0 Å². The summed E-state index contributed by atoms with van der Waals surface area (Å²) in [5.74, 6) is -1.95. The summed E-state index contributed by atoms with van der Waals surface area (Å²) in [6, 6.07) is 13.2. The second kappa shape index (κ2) is 6.18. The number of rotatable bonds is 4. The minimum absolute atomic E-state index is 0.0742. The first-order valence-corrected chi connectivity index (χ1v) is 8.82. The van der Waals surface area contributed by atoms with Gasteiger partial charge >= 0.3 is 5.97 Å². The second-order valence-corrected chi connectivity index (χ2v) is 7.18. The lowest BCUT2D eigenvalue weighted by Crippen LogP contribution is -2.17. The summed E-state index contributed by atoms with van der Waals surface area (Å²) in [4.78, 5) is 11.4. The van der Waals surface area contributed by atoms with E-state index in [4.69, 9.17) is 0 Å². The van der Waals surface area contributed by atoms with Gasteiger partial charge in [0.15, 0.2) is 0 Å². The number of carboxylic acid groups (broad SMARTS) is 1. The molecule has 0 unspecified atom stereocenters. The van der Waals surface area contributed by atoms with Crippen LogP contribution in [0.25, 0.3) is 10.8 Å². The number of halogens is 1. The Morgan fingerprint density at radius 1 is 1.08 bits per heavy atom. The van der Waals surface area contributed by atoms with Crippen molar-refractivity contribution in [3.63, 3.8) is 0 Å². The van der Waals surface area contributed by atoms with Gasteiger partial charge in [0.05, 0.1) is 16.1 Å². The van der Waals surface area contributed by atoms with Gasteiger partial charge in [-0.25, -0.2) is 17.6 Å². The fourth-order valence-electron chi connectivity index (χ4n) is 2.65. The Morgan fingerprint density at radius 3 is 2.52 bits per heavy atom. The number of aryl methyl sites for hydroxylation is 1. The molecule has 0 aromatic heterocycles. The molecule has 128 valence electrons. The molecule has 0 radical (unpaired) electrons. The number of fused-ring (bicyclic) bond motifs is 1. The van der Waals surface area contributed by atoms with Crippen molar-refractivity contribution in [1.82, 2.24) is 0 Å². The maximum Gasteiger partial charge on any atom is 0.338 e. The molecule has 0 atom stereocenters. The lowest BCUT2D eigenvalue weighted by molar-refractivity contribution is 0.0700. The number of sulfonamides is 1. The van der Waals surface area contributed by atoms with Crippen LogP contribution in [0.2, 0.25) is 0 Å². The van der Waals surface area contributed by atoms with Crippen LogP contribution in [0.1, 0.15) is 15.9 Å². The highest BCUT2D eigenvalue weighted by atomic mass is 32.2. The summed E-state index contributed by atoms with van der Waals surface area (Å²) < 4.78 is 40.9. The number of hydrogen-bond donors (Lipinski definition) is 2. The molecule has 0 saturated carbocycles. The van der Waals surface area contributed by atoms with Crippen molar-refractivity contribution in [2.24, 2.45) is 0 Å². The molecule has 0 aliphatic carbocycles. The Labute approximate surface area is 143 Å². The quantitative estimate of drug-likeness (QED) is 0.742. The highest BCUT2D eigenvalue weighted by molar-refractivity contribution is 7.92. The first-order valence-electron chi connectivity index (χ1n) is 7.33. The van der Waals surface area contributed by atoms with Crippen LogP contribution in [0, 0.1) is 12.7 Å². The molecule has 3 rings (SSSR count). The van der Waals surface area contributed by atoms with Gasteiger partial charge in [-0.3, -0.25) is 4.72 Å². The van der Waals surface area contributed by atoms with Crippen molar-refractivity contribution in [3.05, 3.63) is 71.5 Å². The van der Waals surface area contributed by atoms with Crippen LogP contribution in [-0.2, 0) is 10.0 Å². The molecule has 25 heavy (non-hydrogen) atoms. The van der Waals surface area contributed by atoms with Crippen molar-refractivity contribution in [1.29, 1.82) is 0 Å². The zero-order valence-electron chi connectivity index (χ0n) is 13.2. The molecular formula is C18H14FNO4S. The molecule has 0 heterocycles. The topological polar surface area (TPSA) is 83.5 Å². The van der Waals surface area contributed by atoms with E-state index in [1.807, 2.05) is 0 Å². The molecule has 5 nitrogen and oxygen atoms in total. The van der Waals surface area contributed by atoms with Gasteiger partial charge in [0.25, 0.3) is 10.0 Å². The molecule has 2 N–H and O–H groups in total. The summed E-state index contributed by atoms with van der Waals surface area (Å²) in [5, 5.41) is 10.6. The molecule has 3 aromatic rings. The van der Waals surface area contributed by atoms with E-state index in [0.29, 0.717) is 16.3 Å². The third-order valence-electron chi connectivity index (χ3n) is 3.83. The smallest absolute Gasteiger partial charge is 0.338 e. The number of carbonyl (C=O) groups is 1. The number of anilines is 1. The van der Waals surface area contributed by atoms with E-state index >= 15 is 0 Å². The number of benzene rings is 3. The Hall–Kier alpha value is -2.93.